The first-order valence-electron chi connectivity index (χ1n) is 16.2. The number of aliphatic hydroxyl groups excluding tert-OH is 7. The smallest absolute Gasteiger partial charge is 0.304 e. The van der Waals surface area contributed by atoms with E-state index in [1.54, 1.807) is 0 Å². The number of ketones is 1. The van der Waals surface area contributed by atoms with Gasteiger partial charge >= 0.3 is 11.9 Å². The molecule has 3 aliphatic heterocycles. The molecule has 4 heterocycles. The summed E-state index contributed by atoms with van der Waals surface area (Å²) < 4.78 is 33.3. The Morgan fingerprint density at radius 3 is 2.15 bits per heavy atom. The number of hydrogen-bond donors (Lipinski definition) is 9. The minimum atomic E-state index is -1.96. The third-order valence-electron chi connectivity index (χ3n) is 8.65. The van der Waals surface area contributed by atoms with Gasteiger partial charge in [0.2, 0.25) is 12.6 Å². The topological polar surface area (TPSA) is 329 Å². The number of benzene rings is 1. The third-order valence-corrected chi connectivity index (χ3v) is 8.65. The summed E-state index contributed by atoms with van der Waals surface area (Å²) >= 11 is 0. The van der Waals surface area contributed by atoms with E-state index in [0.29, 0.717) is 12.5 Å². The molecule has 0 saturated carbocycles. The van der Waals surface area contributed by atoms with Crippen LogP contribution in [-0.4, -0.2) is 138 Å². The van der Waals surface area contributed by atoms with Crippen LogP contribution in [0.3, 0.4) is 0 Å². The van der Waals surface area contributed by atoms with E-state index in [-0.39, 0.29) is 11.8 Å². The second kappa shape index (κ2) is 16.1. The number of aromatic nitrogens is 2. The summed E-state index contributed by atoms with van der Waals surface area (Å²) in [4.78, 5) is 65.7. The predicted octanol–water partition coefficient (Wildman–Crippen LogP) is -5.65. The summed E-state index contributed by atoms with van der Waals surface area (Å²) in [5, 5.41) is 71.5. The maximum Gasteiger partial charge on any atom is 0.304 e. The van der Waals surface area contributed by atoms with Gasteiger partial charge in [-0.2, -0.15) is 0 Å². The number of nitrogens with two attached hydrogens (primary N) is 1. The van der Waals surface area contributed by atoms with Gasteiger partial charge in [0.1, 0.15) is 77.6 Å². The van der Waals surface area contributed by atoms with Crippen molar-refractivity contribution in [3.8, 4) is 11.5 Å². The van der Waals surface area contributed by atoms with Gasteiger partial charge in [-0.25, -0.2) is 0 Å². The average Bonchev–Trinajstić information content (AvgIpc) is 3.11. The number of Topliss-reactive ketones (excluding diaryl/α,β-unsaturated/α-hetero) is 1. The average molecular weight is 754 g/mol. The number of anilines is 1. The molecular weight excluding hydrogens is 714 g/mol. The normalized spacial score (nSPS) is 31.5. The zero-order valence-corrected chi connectivity index (χ0v) is 28.1. The van der Waals surface area contributed by atoms with E-state index >= 15 is 0 Å². The highest BCUT2D eigenvalue weighted by Gasteiger charge is 2.47. The van der Waals surface area contributed by atoms with Gasteiger partial charge < -0.3 is 74.9 Å². The lowest BCUT2D eigenvalue weighted by molar-refractivity contribution is -0.279. The van der Waals surface area contributed by atoms with Gasteiger partial charge in [0.05, 0.1) is 17.9 Å². The van der Waals surface area contributed by atoms with Crippen molar-refractivity contribution in [1.82, 2.24) is 9.55 Å². The number of esters is 2. The molecule has 0 aliphatic carbocycles. The van der Waals surface area contributed by atoms with E-state index in [9.17, 15) is 59.7 Å². The lowest BCUT2D eigenvalue weighted by atomic mass is 9.99. The molecule has 10 N–H and O–H groups in total. The van der Waals surface area contributed by atoms with Crippen molar-refractivity contribution in [3.05, 3.63) is 49.1 Å². The minimum absolute atomic E-state index is 0.104. The summed E-state index contributed by atoms with van der Waals surface area (Å²) in [6.45, 7) is 0.828. The molecule has 3 aliphatic rings. The fraction of sp³-hybridized carbons (Fsp3) is 0.531. The van der Waals surface area contributed by atoms with Crippen LogP contribution >= 0.6 is 0 Å². The Labute approximate surface area is 297 Å². The molecule has 21 nitrogen and oxygen atoms in total. The number of H-pyrrole nitrogens is 1. The number of carbonyl (C=O) groups excluding carboxylic acids is 3. The molecule has 5 rings (SSSR count). The molecule has 290 valence electrons. The SMILES string of the molecule is CC(=O)OC[C@H]1O[C@@H](Oc2cc(O[C@@H]3O[C@H](CO)[C@@H](O)[C@H](O)[C@H]3O)cc(C(=O)C=c3[nH]c(=O)c4n(c3=O)[C@@H](OC(C)=O)CCC=4)c2N)[C@H](O)[C@@H](O)[C@@H]1O. The maximum atomic E-state index is 13.8. The van der Waals surface area contributed by atoms with Gasteiger partial charge in [-0.1, -0.05) is 6.08 Å². The highest BCUT2D eigenvalue weighted by molar-refractivity contribution is 6.20. The molecule has 1 aromatic heterocycles. The second-order valence-electron chi connectivity index (χ2n) is 12.4. The van der Waals surface area contributed by atoms with E-state index in [2.05, 4.69) is 4.98 Å². The van der Waals surface area contributed by atoms with Crippen LogP contribution < -0.4 is 37.0 Å². The van der Waals surface area contributed by atoms with E-state index in [4.69, 9.17) is 34.2 Å². The van der Waals surface area contributed by atoms with Crippen LogP contribution in [0.5, 0.6) is 11.5 Å². The Morgan fingerprint density at radius 2 is 1.53 bits per heavy atom. The largest absolute Gasteiger partial charge is 0.463 e. The van der Waals surface area contributed by atoms with Gasteiger partial charge in [0.15, 0.2) is 12.0 Å². The third kappa shape index (κ3) is 8.27. The van der Waals surface area contributed by atoms with Crippen LogP contribution in [0.2, 0.25) is 0 Å². The summed E-state index contributed by atoms with van der Waals surface area (Å²) in [5.74, 6) is -3.42. The molecule has 0 spiro atoms. The monoisotopic (exact) mass is 753 g/mol. The van der Waals surface area contributed by atoms with Gasteiger partial charge in [-0.3, -0.25) is 28.5 Å². The fourth-order valence-electron chi connectivity index (χ4n) is 5.91. The van der Waals surface area contributed by atoms with Crippen molar-refractivity contribution >= 4 is 35.6 Å². The van der Waals surface area contributed by atoms with Crippen LogP contribution in [0.1, 0.15) is 43.3 Å². The van der Waals surface area contributed by atoms with Crippen molar-refractivity contribution in [2.75, 3.05) is 18.9 Å². The molecule has 2 aromatic rings. The van der Waals surface area contributed by atoms with Crippen LogP contribution in [0.15, 0.2) is 21.7 Å². The quantitative estimate of drug-likeness (QED) is 0.0620. The highest BCUT2D eigenvalue weighted by Crippen LogP contribution is 2.36. The van der Waals surface area contributed by atoms with Crippen LogP contribution in [0, 0.1) is 0 Å². The van der Waals surface area contributed by atoms with Crippen LogP contribution in [-0.2, 0) is 28.5 Å². The number of nitrogen functional groups attached to an aromatic ring is 1. The lowest BCUT2D eigenvalue weighted by Gasteiger charge is -2.40. The van der Waals surface area contributed by atoms with Crippen molar-refractivity contribution < 1.29 is 78.6 Å². The Balaban J connectivity index is 1.58. The van der Waals surface area contributed by atoms with Gasteiger partial charge in [-0.15, -0.1) is 0 Å². The van der Waals surface area contributed by atoms with E-state index in [1.165, 1.54) is 6.08 Å². The fourth-order valence-corrected chi connectivity index (χ4v) is 5.91. The molecule has 53 heavy (non-hydrogen) atoms. The zero-order valence-electron chi connectivity index (χ0n) is 28.1. The number of hydrogen-bond acceptors (Lipinski definition) is 19. The Hall–Kier alpha value is -4.71. The Bertz CT molecular complexity index is 1960. The zero-order chi connectivity index (χ0) is 38.9. The van der Waals surface area contributed by atoms with E-state index in [1.807, 2.05) is 0 Å². The van der Waals surface area contributed by atoms with Crippen molar-refractivity contribution in [1.29, 1.82) is 0 Å². The number of rotatable bonds is 10. The number of nitrogens with one attached hydrogen (secondary N) is 1. The van der Waals surface area contributed by atoms with Gasteiger partial charge in [0.25, 0.3) is 11.1 Å². The number of fused-ring (bicyclic) bond motifs is 1. The summed E-state index contributed by atoms with van der Waals surface area (Å²) in [7, 11) is 0. The molecule has 0 amide bonds. The lowest BCUT2D eigenvalue weighted by Crippen LogP contribution is -2.60. The van der Waals surface area contributed by atoms with E-state index < -0.39 is 138 Å². The Morgan fingerprint density at radius 1 is 0.906 bits per heavy atom. The predicted molar refractivity (Wildman–Crippen MR) is 173 cm³/mol. The van der Waals surface area contributed by atoms with Crippen molar-refractivity contribution in [2.24, 2.45) is 0 Å². The molecule has 0 unspecified atom stereocenters. The number of carbonyl (C=O) groups is 3. The molecule has 0 bridgehead atoms. The molecular formula is C32H39N3O18. The van der Waals surface area contributed by atoms with Gasteiger partial charge in [0, 0.05) is 32.4 Å². The number of ether oxygens (including phenoxy) is 6. The molecule has 11 atom stereocenters. The number of aromatic amines is 1. The van der Waals surface area contributed by atoms with Crippen LogP contribution in [0.4, 0.5) is 5.69 Å². The first-order chi connectivity index (χ1) is 25.0. The molecule has 0 radical (unpaired) electrons. The summed E-state index contributed by atoms with van der Waals surface area (Å²) in [6, 6.07) is 2.00. The molecule has 21 heteroatoms. The van der Waals surface area contributed by atoms with Crippen molar-refractivity contribution in [2.45, 2.75) is 94.3 Å². The number of aliphatic hydroxyl groups is 7. The molecule has 1 aromatic carbocycles. The maximum absolute atomic E-state index is 13.8. The van der Waals surface area contributed by atoms with E-state index in [0.717, 1.165) is 30.5 Å². The first-order valence-corrected chi connectivity index (χ1v) is 16.2. The minimum Gasteiger partial charge on any atom is -0.463 e. The second-order valence-corrected chi connectivity index (χ2v) is 12.4. The first kappa shape index (κ1) is 39.5. The molecule has 2 fully saturated rings. The Kier molecular flexibility index (Phi) is 12.0. The summed E-state index contributed by atoms with van der Waals surface area (Å²) in [5.41, 5.74) is 3.64. The van der Waals surface area contributed by atoms with Crippen LogP contribution in [0.25, 0.3) is 12.2 Å². The number of nitrogens with zero attached hydrogens (tertiary/aromatic N) is 1. The summed E-state index contributed by atoms with van der Waals surface area (Å²) in [6.07, 6.45) is -16.1. The standard InChI is InChI=1S/C32H39N3O18/c1-11(37)48-10-20-24(41)26(43)28(45)32(53-20)51-18-7-13(50-31-27(44)25(42)23(40)19(9-36)52-31)6-14(22(18)33)17(39)8-15-30(47)35-16(29(46)34-15)4-3-5-21(35)49-12(2)38/h4,6-8,19-21,23-28,31-32,36,40-45H,3,5,9-10,33H2,1-2H3,(H,34,46)/t19-,20-,21+,23-,24-,25+,26+,27-,28-,31-,32-/m1/s1. The van der Waals surface area contributed by atoms with Gasteiger partial charge in [-0.05, 0) is 12.5 Å². The van der Waals surface area contributed by atoms with Crippen molar-refractivity contribution in [3.63, 3.8) is 0 Å². The molecule has 2 saturated heterocycles. The highest BCUT2D eigenvalue weighted by atomic mass is 16.7.